The summed E-state index contributed by atoms with van der Waals surface area (Å²) in [7, 11) is 0. The molecule has 0 aliphatic heterocycles. The van der Waals surface area contributed by atoms with Gasteiger partial charge in [-0.15, -0.1) is 0 Å². The Bertz CT molecular complexity index is 459. The highest BCUT2D eigenvalue weighted by Gasteiger charge is 2.27. The predicted molar refractivity (Wildman–Crippen MR) is 77.0 cm³/mol. The molecule has 0 saturated carbocycles. The standard InChI is InChI=1S/C16H23NO3/c1-3-5-8-20-14-9-12-6-7-13(16(12)17-11-14)10-15(18)19-4-2/h9,11,13H,3-8,10H2,1-2H3/t13-/m0/s1. The third-order valence-corrected chi connectivity index (χ3v) is 3.61. The van der Waals surface area contributed by atoms with Crippen molar-refractivity contribution in [3.8, 4) is 5.75 Å². The topological polar surface area (TPSA) is 48.4 Å². The third-order valence-electron chi connectivity index (χ3n) is 3.61. The van der Waals surface area contributed by atoms with Crippen LogP contribution >= 0.6 is 0 Å². The monoisotopic (exact) mass is 277 g/mol. The van der Waals surface area contributed by atoms with Crippen molar-refractivity contribution in [2.45, 2.75) is 51.9 Å². The van der Waals surface area contributed by atoms with Gasteiger partial charge in [-0.05, 0) is 37.8 Å². The van der Waals surface area contributed by atoms with Gasteiger partial charge in [-0.3, -0.25) is 9.78 Å². The zero-order valence-electron chi connectivity index (χ0n) is 12.4. The van der Waals surface area contributed by atoms with E-state index in [1.54, 1.807) is 6.20 Å². The number of esters is 1. The highest BCUT2D eigenvalue weighted by atomic mass is 16.5. The number of pyridine rings is 1. The second kappa shape index (κ2) is 7.27. The average molecular weight is 277 g/mol. The van der Waals surface area contributed by atoms with E-state index in [1.807, 2.05) is 6.92 Å². The predicted octanol–water partition coefficient (Wildman–Crippen LogP) is 3.24. The first-order valence-electron chi connectivity index (χ1n) is 7.51. The molecule has 1 aromatic rings. The molecule has 1 heterocycles. The molecule has 2 rings (SSSR count). The molecule has 0 radical (unpaired) electrons. The molecule has 0 N–H and O–H groups in total. The van der Waals surface area contributed by atoms with Crippen LogP contribution in [0.4, 0.5) is 0 Å². The summed E-state index contributed by atoms with van der Waals surface area (Å²) in [6.07, 6.45) is 6.33. The van der Waals surface area contributed by atoms with Crippen molar-refractivity contribution in [2.24, 2.45) is 0 Å². The SMILES string of the molecule is CCCCOc1cnc2c(c1)CC[C@H]2CC(=O)OCC. The lowest BCUT2D eigenvalue weighted by Crippen LogP contribution is -2.09. The molecule has 1 aromatic heterocycles. The van der Waals surface area contributed by atoms with E-state index < -0.39 is 0 Å². The van der Waals surface area contributed by atoms with Gasteiger partial charge in [0.2, 0.25) is 0 Å². The fraction of sp³-hybridized carbons (Fsp3) is 0.625. The van der Waals surface area contributed by atoms with E-state index in [9.17, 15) is 4.79 Å². The number of unbranched alkanes of at least 4 members (excludes halogenated alkanes) is 1. The second-order valence-corrected chi connectivity index (χ2v) is 5.16. The van der Waals surface area contributed by atoms with Crippen LogP contribution in [0, 0.1) is 0 Å². The molecule has 4 nitrogen and oxygen atoms in total. The van der Waals surface area contributed by atoms with Crippen LogP contribution in [0.2, 0.25) is 0 Å². The highest BCUT2D eigenvalue weighted by molar-refractivity contribution is 5.70. The summed E-state index contributed by atoms with van der Waals surface area (Å²) >= 11 is 0. The Morgan fingerprint density at radius 2 is 2.30 bits per heavy atom. The molecule has 1 aliphatic carbocycles. The molecule has 110 valence electrons. The van der Waals surface area contributed by atoms with Crippen molar-refractivity contribution in [3.63, 3.8) is 0 Å². The lowest BCUT2D eigenvalue weighted by molar-refractivity contribution is -0.143. The molecule has 0 unspecified atom stereocenters. The number of rotatable bonds is 7. The van der Waals surface area contributed by atoms with Crippen LogP contribution in [-0.2, 0) is 16.0 Å². The highest BCUT2D eigenvalue weighted by Crippen LogP contribution is 2.35. The van der Waals surface area contributed by atoms with Crippen molar-refractivity contribution in [3.05, 3.63) is 23.5 Å². The van der Waals surface area contributed by atoms with Crippen LogP contribution in [0.25, 0.3) is 0 Å². The number of carbonyl (C=O) groups is 1. The van der Waals surface area contributed by atoms with Gasteiger partial charge in [0, 0.05) is 11.6 Å². The minimum absolute atomic E-state index is 0.129. The Morgan fingerprint density at radius 3 is 3.05 bits per heavy atom. The van der Waals surface area contributed by atoms with E-state index in [0.717, 1.165) is 43.7 Å². The van der Waals surface area contributed by atoms with Crippen LogP contribution in [0.5, 0.6) is 5.75 Å². The molecule has 0 bridgehead atoms. The Hall–Kier alpha value is -1.58. The van der Waals surface area contributed by atoms with Crippen molar-refractivity contribution >= 4 is 5.97 Å². The normalized spacial score (nSPS) is 16.8. The minimum Gasteiger partial charge on any atom is -0.492 e. The molecule has 0 spiro atoms. The summed E-state index contributed by atoms with van der Waals surface area (Å²) < 4.78 is 10.7. The van der Waals surface area contributed by atoms with Gasteiger partial charge in [-0.25, -0.2) is 0 Å². The van der Waals surface area contributed by atoms with Gasteiger partial charge in [-0.2, -0.15) is 0 Å². The van der Waals surface area contributed by atoms with Crippen LogP contribution in [0.3, 0.4) is 0 Å². The van der Waals surface area contributed by atoms with Gasteiger partial charge in [0.05, 0.1) is 25.8 Å². The van der Waals surface area contributed by atoms with Gasteiger partial charge in [0.25, 0.3) is 0 Å². The Labute approximate surface area is 120 Å². The number of aromatic nitrogens is 1. The first-order chi connectivity index (χ1) is 9.74. The van der Waals surface area contributed by atoms with Crippen molar-refractivity contribution in [1.82, 2.24) is 4.98 Å². The van der Waals surface area contributed by atoms with Crippen LogP contribution in [0.15, 0.2) is 12.3 Å². The molecule has 0 saturated heterocycles. The number of hydrogen-bond donors (Lipinski definition) is 0. The lowest BCUT2D eigenvalue weighted by Gasteiger charge is -2.11. The first-order valence-corrected chi connectivity index (χ1v) is 7.51. The largest absolute Gasteiger partial charge is 0.492 e. The van der Waals surface area contributed by atoms with Gasteiger partial charge in [0.1, 0.15) is 5.75 Å². The zero-order chi connectivity index (χ0) is 14.4. The number of carbonyl (C=O) groups excluding carboxylic acids is 1. The first kappa shape index (κ1) is 14.8. The molecule has 0 aromatic carbocycles. The Morgan fingerprint density at radius 1 is 1.45 bits per heavy atom. The third kappa shape index (κ3) is 3.71. The van der Waals surface area contributed by atoms with Crippen molar-refractivity contribution in [2.75, 3.05) is 13.2 Å². The maximum absolute atomic E-state index is 11.6. The molecule has 0 amide bonds. The van der Waals surface area contributed by atoms with E-state index in [4.69, 9.17) is 9.47 Å². The van der Waals surface area contributed by atoms with Crippen LogP contribution < -0.4 is 4.74 Å². The van der Waals surface area contributed by atoms with E-state index in [1.165, 1.54) is 5.56 Å². The summed E-state index contributed by atoms with van der Waals surface area (Å²) in [5.41, 5.74) is 2.26. The molecule has 0 fully saturated rings. The molecule has 4 heteroatoms. The van der Waals surface area contributed by atoms with E-state index in [2.05, 4.69) is 18.0 Å². The molecule has 20 heavy (non-hydrogen) atoms. The van der Waals surface area contributed by atoms with Gasteiger partial charge in [-0.1, -0.05) is 13.3 Å². The van der Waals surface area contributed by atoms with E-state index in [0.29, 0.717) is 13.0 Å². The number of fused-ring (bicyclic) bond motifs is 1. The van der Waals surface area contributed by atoms with Crippen LogP contribution in [0.1, 0.15) is 56.7 Å². The summed E-state index contributed by atoms with van der Waals surface area (Å²) in [6.45, 7) is 5.15. The summed E-state index contributed by atoms with van der Waals surface area (Å²) in [5, 5.41) is 0. The zero-order valence-corrected chi connectivity index (χ0v) is 12.4. The van der Waals surface area contributed by atoms with Gasteiger partial charge < -0.3 is 9.47 Å². The number of ether oxygens (including phenoxy) is 2. The summed E-state index contributed by atoms with van der Waals surface area (Å²) in [6, 6.07) is 2.07. The summed E-state index contributed by atoms with van der Waals surface area (Å²) in [4.78, 5) is 16.1. The molecular weight excluding hydrogens is 254 g/mol. The maximum Gasteiger partial charge on any atom is 0.306 e. The van der Waals surface area contributed by atoms with Crippen LogP contribution in [-0.4, -0.2) is 24.2 Å². The molecule has 1 aliphatic rings. The van der Waals surface area contributed by atoms with Crippen molar-refractivity contribution < 1.29 is 14.3 Å². The van der Waals surface area contributed by atoms with E-state index in [-0.39, 0.29) is 11.9 Å². The average Bonchev–Trinajstić information content (AvgIpc) is 2.82. The Kier molecular flexibility index (Phi) is 5.39. The lowest BCUT2D eigenvalue weighted by atomic mass is 10.0. The summed E-state index contributed by atoms with van der Waals surface area (Å²) in [5.74, 6) is 0.915. The maximum atomic E-state index is 11.6. The molecular formula is C16H23NO3. The fourth-order valence-electron chi connectivity index (χ4n) is 2.57. The van der Waals surface area contributed by atoms with Gasteiger partial charge >= 0.3 is 5.97 Å². The van der Waals surface area contributed by atoms with Gasteiger partial charge in [0.15, 0.2) is 0 Å². The van der Waals surface area contributed by atoms with Crippen molar-refractivity contribution in [1.29, 1.82) is 0 Å². The minimum atomic E-state index is -0.129. The fourth-order valence-corrected chi connectivity index (χ4v) is 2.57. The quantitative estimate of drug-likeness (QED) is 0.567. The Balaban J connectivity index is 1.97. The van der Waals surface area contributed by atoms with E-state index >= 15 is 0 Å². The second-order valence-electron chi connectivity index (χ2n) is 5.16. The number of aryl methyl sites for hydroxylation is 1. The number of nitrogens with zero attached hydrogens (tertiary/aromatic N) is 1. The smallest absolute Gasteiger partial charge is 0.306 e. The number of hydrogen-bond acceptors (Lipinski definition) is 4. The molecule has 1 atom stereocenters.